The largest absolute Gasteiger partial charge is 0.310 e. The average molecular weight is 763 g/mol. The highest BCUT2D eigenvalue weighted by molar-refractivity contribution is 6.38. The molecule has 280 valence electrons. The Balaban J connectivity index is 1.20. The number of benzene rings is 12. The molecule has 0 N–H and O–H groups in total. The van der Waals surface area contributed by atoms with E-state index in [0.717, 1.165) is 34.1 Å². The molecule has 0 aliphatic rings. The molecule has 12 aromatic rings. The van der Waals surface area contributed by atoms with Crippen molar-refractivity contribution >= 4 is 110 Å². The highest BCUT2D eigenvalue weighted by atomic mass is 15.1. The molecule has 0 aromatic heterocycles. The van der Waals surface area contributed by atoms with E-state index >= 15 is 0 Å². The Morgan fingerprint density at radius 2 is 0.533 bits per heavy atom. The maximum Gasteiger partial charge on any atom is 0.0546 e. The molecule has 0 radical (unpaired) electrons. The number of para-hydroxylation sites is 2. The van der Waals surface area contributed by atoms with Crippen LogP contribution in [0.25, 0.3) is 75.4 Å². The third-order valence-electron chi connectivity index (χ3n) is 12.3. The van der Waals surface area contributed by atoms with Gasteiger partial charge in [0.1, 0.15) is 0 Å². The van der Waals surface area contributed by atoms with Crippen molar-refractivity contribution in [3.05, 3.63) is 231 Å². The van der Waals surface area contributed by atoms with E-state index in [0.29, 0.717) is 0 Å². The van der Waals surface area contributed by atoms with Gasteiger partial charge in [-0.25, -0.2) is 0 Å². The maximum absolute atomic E-state index is 2.45. The summed E-state index contributed by atoms with van der Waals surface area (Å²) < 4.78 is 0. The molecule has 0 aliphatic heterocycles. The second-order valence-electron chi connectivity index (χ2n) is 15.7. The fourth-order valence-electron chi connectivity index (χ4n) is 9.64. The molecular weight excluding hydrogens is 725 g/mol. The standard InChI is InChI=1S/C58H38N2/c1-3-21-43(22-4-1)59(45-33-31-39-17-7-9-19-41(39)35-45)55-37-53-47-25-11-12-26-48(47)54-38-56(50-28-14-16-30-52(50)58(54)57(53)51-29-15-13-27-49(51)55)60(44-23-5-2-6-24-44)46-34-32-40-18-8-10-20-42(40)36-46/h1-38H. The second kappa shape index (κ2) is 13.9. The molecule has 12 rings (SSSR count). The number of anilines is 6. The topological polar surface area (TPSA) is 6.48 Å². The summed E-state index contributed by atoms with van der Waals surface area (Å²) in [7, 11) is 0. The zero-order chi connectivity index (χ0) is 39.6. The Bertz CT molecular complexity index is 3370. The number of hydrogen-bond donors (Lipinski definition) is 0. The van der Waals surface area contributed by atoms with Crippen LogP contribution >= 0.6 is 0 Å². The summed E-state index contributed by atoms with van der Waals surface area (Å²) in [5.74, 6) is 0. The van der Waals surface area contributed by atoms with E-state index in [4.69, 9.17) is 0 Å². The van der Waals surface area contributed by atoms with Crippen molar-refractivity contribution in [1.82, 2.24) is 0 Å². The summed E-state index contributed by atoms with van der Waals surface area (Å²) in [5.41, 5.74) is 6.78. The van der Waals surface area contributed by atoms with Gasteiger partial charge in [0, 0.05) is 33.5 Å². The lowest BCUT2D eigenvalue weighted by atomic mass is 9.87. The van der Waals surface area contributed by atoms with Gasteiger partial charge in [-0.2, -0.15) is 0 Å². The van der Waals surface area contributed by atoms with Crippen LogP contribution in [-0.4, -0.2) is 0 Å². The van der Waals surface area contributed by atoms with Gasteiger partial charge in [-0.1, -0.05) is 170 Å². The van der Waals surface area contributed by atoms with E-state index in [9.17, 15) is 0 Å². The van der Waals surface area contributed by atoms with Crippen LogP contribution in [0.3, 0.4) is 0 Å². The monoisotopic (exact) mass is 762 g/mol. The van der Waals surface area contributed by atoms with Crippen LogP contribution < -0.4 is 9.80 Å². The Labute approximate surface area is 348 Å². The Morgan fingerprint density at radius 1 is 0.200 bits per heavy atom. The predicted molar refractivity (Wildman–Crippen MR) is 258 cm³/mol. The summed E-state index contributed by atoms with van der Waals surface area (Å²) >= 11 is 0. The lowest BCUT2D eigenvalue weighted by Gasteiger charge is -2.29. The fourth-order valence-corrected chi connectivity index (χ4v) is 9.64. The SMILES string of the molecule is c1ccc(N(c2ccc3ccccc3c2)c2cc3c4ccccc4c4cc(N(c5ccccc5)c5ccc6ccccc6c5)c5ccccc5c4c3c3ccccc23)cc1. The number of nitrogens with zero attached hydrogens (tertiary/aromatic N) is 2. The molecule has 0 bridgehead atoms. The molecule has 0 amide bonds. The molecule has 0 spiro atoms. The van der Waals surface area contributed by atoms with Crippen LogP contribution in [0.15, 0.2) is 231 Å². The maximum atomic E-state index is 2.45. The molecule has 0 unspecified atom stereocenters. The molecule has 0 heterocycles. The lowest BCUT2D eigenvalue weighted by Crippen LogP contribution is -2.11. The minimum Gasteiger partial charge on any atom is -0.310 e. The molecule has 0 saturated carbocycles. The Hall–Kier alpha value is -7.94. The molecule has 0 saturated heterocycles. The number of fused-ring (bicyclic) bond motifs is 12. The molecule has 12 aromatic carbocycles. The van der Waals surface area contributed by atoms with Gasteiger partial charge in [-0.15, -0.1) is 0 Å². The summed E-state index contributed by atoms with van der Waals surface area (Å²) in [6.07, 6.45) is 0. The molecule has 0 aliphatic carbocycles. The van der Waals surface area contributed by atoms with Gasteiger partial charge in [0.05, 0.1) is 11.4 Å². The minimum atomic E-state index is 1.12. The number of rotatable bonds is 6. The van der Waals surface area contributed by atoms with Crippen LogP contribution in [0.5, 0.6) is 0 Å². The molecule has 0 fully saturated rings. The van der Waals surface area contributed by atoms with Gasteiger partial charge in [0.2, 0.25) is 0 Å². The van der Waals surface area contributed by atoms with E-state index in [-0.39, 0.29) is 0 Å². The molecule has 2 nitrogen and oxygen atoms in total. The van der Waals surface area contributed by atoms with Crippen molar-refractivity contribution in [3.63, 3.8) is 0 Å². The molecular formula is C58H38N2. The van der Waals surface area contributed by atoms with Crippen molar-refractivity contribution < 1.29 is 0 Å². The number of hydrogen-bond acceptors (Lipinski definition) is 2. The fraction of sp³-hybridized carbons (Fsp3) is 0. The third-order valence-corrected chi connectivity index (χ3v) is 12.3. The van der Waals surface area contributed by atoms with E-state index in [1.165, 1.54) is 75.4 Å². The van der Waals surface area contributed by atoms with Gasteiger partial charge in [-0.3, -0.25) is 0 Å². The molecule has 60 heavy (non-hydrogen) atoms. The van der Waals surface area contributed by atoms with Gasteiger partial charge in [0.15, 0.2) is 0 Å². The highest BCUT2D eigenvalue weighted by Crippen LogP contribution is 2.50. The first-order valence-electron chi connectivity index (χ1n) is 20.7. The summed E-state index contributed by atoms with van der Waals surface area (Å²) in [4.78, 5) is 4.88. The quantitative estimate of drug-likeness (QED) is 0.156. The molecule has 2 heteroatoms. The minimum absolute atomic E-state index is 1.12. The van der Waals surface area contributed by atoms with Crippen LogP contribution in [0.1, 0.15) is 0 Å². The van der Waals surface area contributed by atoms with Crippen molar-refractivity contribution in [2.75, 3.05) is 9.80 Å². The van der Waals surface area contributed by atoms with Gasteiger partial charge < -0.3 is 9.80 Å². The van der Waals surface area contributed by atoms with Crippen LogP contribution in [0, 0.1) is 0 Å². The van der Waals surface area contributed by atoms with E-state index in [1.807, 2.05) is 0 Å². The van der Waals surface area contributed by atoms with Crippen molar-refractivity contribution in [2.24, 2.45) is 0 Å². The van der Waals surface area contributed by atoms with Gasteiger partial charge >= 0.3 is 0 Å². The van der Waals surface area contributed by atoms with Gasteiger partial charge in [-0.05, 0) is 125 Å². The zero-order valence-corrected chi connectivity index (χ0v) is 32.8. The van der Waals surface area contributed by atoms with Crippen molar-refractivity contribution in [2.45, 2.75) is 0 Å². The average Bonchev–Trinajstić information content (AvgIpc) is 3.32. The highest BCUT2D eigenvalue weighted by Gasteiger charge is 2.24. The van der Waals surface area contributed by atoms with Gasteiger partial charge in [0.25, 0.3) is 0 Å². The summed E-state index contributed by atoms with van der Waals surface area (Å²) in [6, 6.07) is 84.4. The summed E-state index contributed by atoms with van der Waals surface area (Å²) in [6.45, 7) is 0. The third kappa shape index (κ3) is 5.42. The lowest BCUT2D eigenvalue weighted by molar-refractivity contribution is 1.31. The smallest absolute Gasteiger partial charge is 0.0546 e. The van der Waals surface area contributed by atoms with Crippen LogP contribution in [-0.2, 0) is 0 Å². The Kier molecular flexibility index (Phi) is 7.89. The first-order chi connectivity index (χ1) is 29.8. The summed E-state index contributed by atoms with van der Waals surface area (Å²) in [5, 5.41) is 17.2. The van der Waals surface area contributed by atoms with Crippen molar-refractivity contribution in [1.29, 1.82) is 0 Å². The first kappa shape index (κ1) is 34.1. The van der Waals surface area contributed by atoms with Crippen molar-refractivity contribution in [3.8, 4) is 0 Å². The van der Waals surface area contributed by atoms with E-state index in [1.54, 1.807) is 0 Å². The van der Waals surface area contributed by atoms with E-state index < -0.39 is 0 Å². The first-order valence-corrected chi connectivity index (χ1v) is 20.7. The predicted octanol–water partition coefficient (Wildman–Crippen LogP) is 16.7. The van der Waals surface area contributed by atoms with E-state index in [2.05, 4.69) is 240 Å². The zero-order valence-electron chi connectivity index (χ0n) is 32.8. The van der Waals surface area contributed by atoms with Crippen LogP contribution in [0.2, 0.25) is 0 Å². The second-order valence-corrected chi connectivity index (χ2v) is 15.7. The van der Waals surface area contributed by atoms with Crippen LogP contribution in [0.4, 0.5) is 34.1 Å². The molecule has 0 atom stereocenters. The Morgan fingerprint density at radius 3 is 0.950 bits per heavy atom. The normalized spacial score (nSPS) is 11.7.